The third-order valence-corrected chi connectivity index (χ3v) is 8.33. The Morgan fingerprint density at radius 3 is 2.45 bits per heavy atom. The Labute approximate surface area is 194 Å². The molecule has 7 nitrogen and oxygen atoms in total. The van der Waals surface area contributed by atoms with Crippen LogP contribution in [-0.2, 0) is 14.8 Å². The lowest BCUT2D eigenvalue weighted by atomic mass is 9.96. The van der Waals surface area contributed by atoms with Crippen molar-refractivity contribution in [2.75, 3.05) is 44.7 Å². The van der Waals surface area contributed by atoms with Gasteiger partial charge in [0.05, 0.1) is 23.7 Å². The molecule has 2 aromatic rings. The van der Waals surface area contributed by atoms with Gasteiger partial charge in [-0.3, -0.25) is 4.79 Å². The van der Waals surface area contributed by atoms with Crippen molar-refractivity contribution in [1.29, 1.82) is 0 Å². The predicted molar refractivity (Wildman–Crippen MR) is 124 cm³/mol. The number of para-hydroxylation sites is 2. The fourth-order valence-corrected chi connectivity index (χ4v) is 6.05. The van der Waals surface area contributed by atoms with Crippen molar-refractivity contribution in [2.45, 2.75) is 30.8 Å². The zero-order valence-electron chi connectivity index (χ0n) is 19.0. The highest BCUT2D eigenvalue weighted by molar-refractivity contribution is 7.89. The lowest BCUT2D eigenvalue weighted by Gasteiger charge is -2.38. The second-order valence-electron chi connectivity index (χ2n) is 8.60. The van der Waals surface area contributed by atoms with Gasteiger partial charge in [0, 0.05) is 32.6 Å². The normalized spacial score (nSPS) is 19.6. The van der Waals surface area contributed by atoms with Crippen LogP contribution in [0.3, 0.4) is 0 Å². The van der Waals surface area contributed by atoms with Crippen molar-refractivity contribution >= 4 is 21.6 Å². The summed E-state index contributed by atoms with van der Waals surface area (Å²) in [6, 6.07) is 12.8. The number of anilines is 1. The summed E-state index contributed by atoms with van der Waals surface area (Å²) in [4.78, 5) is 17.1. The Kier molecular flexibility index (Phi) is 6.90. The van der Waals surface area contributed by atoms with E-state index in [1.807, 2.05) is 24.3 Å². The van der Waals surface area contributed by atoms with E-state index in [4.69, 9.17) is 4.74 Å². The first kappa shape index (κ1) is 23.5. The number of sulfonamides is 1. The Hall–Kier alpha value is -2.65. The van der Waals surface area contributed by atoms with Gasteiger partial charge in [0.1, 0.15) is 17.7 Å². The first-order valence-corrected chi connectivity index (χ1v) is 12.7. The average molecular weight is 476 g/mol. The monoisotopic (exact) mass is 475 g/mol. The molecule has 0 N–H and O–H groups in total. The van der Waals surface area contributed by atoms with E-state index in [0.717, 1.165) is 30.1 Å². The van der Waals surface area contributed by atoms with Gasteiger partial charge in [-0.2, -0.15) is 4.31 Å². The minimum Gasteiger partial charge on any atom is -0.485 e. The van der Waals surface area contributed by atoms with E-state index in [-0.39, 0.29) is 35.9 Å². The number of carbonyl (C=O) groups excluding carboxylic acids is 1. The van der Waals surface area contributed by atoms with Gasteiger partial charge in [0.15, 0.2) is 0 Å². The zero-order chi connectivity index (χ0) is 23.6. The van der Waals surface area contributed by atoms with Crippen molar-refractivity contribution in [1.82, 2.24) is 9.21 Å². The van der Waals surface area contributed by atoms with Crippen LogP contribution in [0.2, 0.25) is 0 Å². The molecule has 4 rings (SSSR count). The quantitative estimate of drug-likeness (QED) is 0.643. The fraction of sp³-hybridized carbons (Fsp3) is 0.458. The molecule has 1 atom stereocenters. The molecule has 2 aliphatic rings. The summed E-state index contributed by atoms with van der Waals surface area (Å²) in [5.41, 5.74) is 1.07. The summed E-state index contributed by atoms with van der Waals surface area (Å²) < 4.78 is 46.3. The van der Waals surface area contributed by atoms with E-state index in [1.165, 1.54) is 16.4 Å². The molecule has 0 radical (unpaired) electrons. The predicted octanol–water partition coefficient (Wildman–Crippen LogP) is 2.97. The highest BCUT2D eigenvalue weighted by Gasteiger charge is 2.34. The topological polar surface area (TPSA) is 70.2 Å². The molecule has 2 aromatic carbocycles. The average Bonchev–Trinajstić information content (AvgIpc) is 2.83. The van der Waals surface area contributed by atoms with Crippen molar-refractivity contribution in [3.8, 4) is 5.75 Å². The van der Waals surface area contributed by atoms with Gasteiger partial charge in [-0.25, -0.2) is 12.8 Å². The Balaban J connectivity index is 1.34. The summed E-state index contributed by atoms with van der Waals surface area (Å²) >= 11 is 0. The van der Waals surface area contributed by atoms with Crippen LogP contribution in [0.4, 0.5) is 10.1 Å². The maximum absolute atomic E-state index is 13.2. The van der Waals surface area contributed by atoms with Gasteiger partial charge in [0.25, 0.3) is 0 Å². The van der Waals surface area contributed by atoms with Crippen molar-refractivity contribution in [2.24, 2.45) is 5.92 Å². The molecule has 0 spiro atoms. The molecular weight excluding hydrogens is 445 g/mol. The van der Waals surface area contributed by atoms with E-state index >= 15 is 0 Å². The lowest BCUT2D eigenvalue weighted by Crippen LogP contribution is -2.49. The van der Waals surface area contributed by atoms with E-state index in [2.05, 4.69) is 11.8 Å². The van der Waals surface area contributed by atoms with Crippen molar-refractivity contribution in [3.05, 3.63) is 54.3 Å². The molecule has 0 aromatic heterocycles. The minimum absolute atomic E-state index is 0.0133. The minimum atomic E-state index is -3.69. The summed E-state index contributed by atoms with van der Waals surface area (Å²) in [5, 5.41) is 0. The van der Waals surface area contributed by atoms with Gasteiger partial charge < -0.3 is 14.5 Å². The maximum Gasteiger partial charge on any atom is 0.243 e. The molecule has 2 aliphatic heterocycles. The second-order valence-corrected chi connectivity index (χ2v) is 10.5. The smallest absolute Gasteiger partial charge is 0.243 e. The number of benzene rings is 2. The van der Waals surface area contributed by atoms with Crippen molar-refractivity contribution in [3.63, 3.8) is 0 Å². The fourth-order valence-electron chi connectivity index (χ4n) is 4.58. The summed E-state index contributed by atoms with van der Waals surface area (Å²) in [7, 11) is -1.91. The van der Waals surface area contributed by atoms with E-state index in [9.17, 15) is 17.6 Å². The number of nitrogens with zero attached hydrogens (tertiary/aromatic N) is 3. The third kappa shape index (κ3) is 4.99. The first-order chi connectivity index (χ1) is 15.8. The van der Waals surface area contributed by atoms with E-state index in [1.54, 1.807) is 11.9 Å². The Morgan fingerprint density at radius 1 is 1.12 bits per heavy atom. The van der Waals surface area contributed by atoms with Crippen LogP contribution in [0.1, 0.15) is 19.8 Å². The molecule has 1 unspecified atom stereocenters. The van der Waals surface area contributed by atoms with Gasteiger partial charge in [0.2, 0.25) is 15.9 Å². The number of carbonyl (C=O) groups is 1. The molecule has 1 fully saturated rings. The molecular formula is C24H30FN3O4S. The molecule has 1 saturated heterocycles. The van der Waals surface area contributed by atoms with Gasteiger partial charge in [-0.15, -0.1) is 0 Å². The van der Waals surface area contributed by atoms with Gasteiger partial charge in [-0.1, -0.05) is 12.1 Å². The largest absolute Gasteiger partial charge is 0.485 e. The number of ether oxygens (including phenoxy) is 1. The van der Waals surface area contributed by atoms with Crippen LogP contribution in [0, 0.1) is 11.7 Å². The van der Waals surface area contributed by atoms with Gasteiger partial charge in [-0.05, 0) is 56.2 Å². The molecule has 0 saturated carbocycles. The van der Waals surface area contributed by atoms with E-state index in [0.29, 0.717) is 25.9 Å². The second kappa shape index (κ2) is 9.69. The van der Waals surface area contributed by atoms with Crippen LogP contribution in [-0.4, -0.2) is 69.4 Å². The molecule has 178 valence electrons. The summed E-state index contributed by atoms with van der Waals surface area (Å²) in [5.74, 6) is 0.136. The highest BCUT2D eigenvalue weighted by atomic mass is 32.2. The van der Waals surface area contributed by atoms with Gasteiger partial charge >= 0.3 is 0 Å². The standard InChI is InChI=1S/C24H30FN3O4S/c1-3-27-17-20(32-23-7-5-4-6-22(23)27)16-26(2)24(29)18-12-14-28(15-13-18)33(30,31)21-10-8-19(25)9-11-21/h4-11,18,20H,3,12-17H2,1-2H3. The van der Waals surface area contributed by atoms with Crippen LogP contribution in [0.25, 0.3) is 0 Å². The number of piperidine rings is 1. The number of hydrogen-bond donors (Lipinski definition) is 0. The maximum atomic E-state index is 13.2. The lowest BCUT2D eigenvalue weighted by molar-refractivity contribution is -0.136. The first-order valence-electron chi connectivity index (χ1n) is 11.3. The number of likely N-dealkylation sites (N-methyl/N-ethyl adjacent to an activating group) is 2. The number of rotatable bonds is 6. The van der Waals surface area contributed by atoms with E-state index < -0.39 is 15.8 Å². The van der Waals surface area contributed by atoms with Crippen LogP contribution < -0.4 is 9.64 Å². The molecule has 33 heavy (non-hydrogen) atoms. The number of amides is 1. The Bertz CT molecular complexity index is 1090. The SMILES string of the molecule is CCN1CC(CN(C)C(=O)C2CCN(S(=O)(=O)c3ccc(F)cc3)CC2)Oc2ccccc21. The summed E-state index contributed by atoms with van der Waals surface area (Å²) in [6.07, 6.45) is 0.783. The van der Waals surface area contributed by atoms with Crippen LogP contribution in [0.15, 0.2) is 53.4 Å². The van der Waals surface area contributed by atoms with Crippen LogP contribution >= 0.6 is 0 Å². The zero-order valence-corrected chi connectivity index (χ0v) is 19.8. The number of fused-ring (bicyclic) bond motifs is 1. The molecule has 0 aliphatic carbocycles. The van der Waals surface area contributed by atoms with Crippen molar-refractivity contribution < 1.29 is 22.3 Å². The number of halogens is 1. The highest BCUT2D eigenvalue weighted by Crippen LogP contribution is 2.33. The van der Waals surface area contributed by atoms with Crippen LogP contribution in [0.5, 0.6) is 5.75 Å². The molecule has 0 bridgehead atoms. The molecule has 2 heterocycles. The third-order valence-electron chi connectivity index (χ3n) is 6.41. The summed E-state index contributed by atoms with van der Waals surface area (Å²) in [6.45, 7) is 4.66. The molecule has 9 heteroatoms. The Morgan fingerprint density at radius 2 is 1.79 bits per heavy atom. The number of hydrogen-bond acceptors (Lipinski definition) is 5. The molecule has 1 amide bonds.